The molecule has 0 aliphatic carbocycles. The van der Waals surface area contributed by atoms with Gasteiger partial charge in [-0.15, -0.1) is 0 Å². The first-order valence-electron chi connectivity index (χ1n) is 14.6. The van der Waals surface area contributed by atoms with Crippen LogP contribution in [0.4, 0.5) is 0 Å². The molecule has 2 heterocycles. The molecule has 0 radical (unpaired) electrons. The highest BCUT2D eigenvalue weighted by Crippen LogP contribution is 2.33. The Morgan fingerprint density at radius 1 is 0.318 bits per heavy atom. The fourth-order valence-electron chi connectivity index (χ4n) is 5.77. The number of nitrogens with zero attached hydrogens (tertiary/aromatic N) is 4. The molecular weight excluding hydrogens is 536 g/mol. The average Bonchev–Trinajstić information content (AvgIpc) is 3.11. The molecule has 8 rings (SSSR count). The van der Waals surface area contributed by atoms with E-state index < -0.39 is 0 Å². The first-order valence-corrected chi connectivity index (χ1v) is 14.6. The van der Waals surface area contributed by atoms with Crippen LogP contribution in [0.3, 0.4) is 0 Å². The molecule has 4 nitrogen and oxygen atoms in total. The van der Waals surface area contributed by atoms with Gasteiger partial charge in [0.1, 0.15) is 0 Å². The minimum atomic E-state index is 0.642. The van der Waals surface area contributed by atoms with Crippen molar-refractivity contribution in [2.45, 2.75) is 0 Å². The monoisotopic (exact) mass is 562 g/mol. The van der Waals surface area contributed by atoms with Crippen molar-refractivity contribution in [1.82, 2.24) is 19.9 Å². The number of benzene rings is 6. The van der Waals surface area contributed by atoms with Crippen LogP contribution in [0.2, 0.25) is 0 Å². The quantitative estimate of drug-likeness (QED) is 0.209. The van der Waals surface area contributed by atoms with E-state index in [4.69, 9.17) is 15.0 Å². The largest absolute Gasteiger partial charge is 0.256 e. The molecule has 0 atom stereocenters. The van der Waals surface area contributed by atoms with E-state index in [1.54, 1.807) is 0 Å². The zero-order valence-electron chi connectivity index (χ0n) is 23.8. The normalized spacial score (nSPS) is 11.2. The van der Waals surface area contributed by atoms with Gasteiger partial charge in [0.15, 0.2) is 17.5 Å². The molecule has 8 aromatic rings. The van der Waals surface area contributed by atoms with E-state index in [-0.39, 0.29) is 0 Å². The number of pyridine rings is 1. The third-order valence-electron chi connectivity index (χ3n) is 8.02. The summed E-state index contributed by atoms with van der Waals surface area (Å²) in [5.41, 5.74) is 7.23. The second-order valence-electron chi connectivity index (χ2n) is 10.7. The Labute approximate surface area is 255 Å². The molecule has 0 saturated heterocycles. The summed E-state index contributed by atoms with van der Waals surface area (Å²) in [6.45, 7) is 0. The molecular formula is C40H26N4. The lowest BCUT2D eigenvalue weighted by molar-refractivity contribution is 1.08. The van der Waals surface area contributed by atoms with Crippen molar-refractivity contribution in [3.63, 3.8) is 0 Å². The molecule has 0 N–H and O–H groups in total. The zero-order valence-corrected chi connectivity index (χ0v) is 23.8. The molecule has 6 aromatic carbocycles. The first kappa shape index (κ1) is 25.7. The minimum absolute atomic E-state index is 0.642. The van der Waals surface area contributed by atoms with Gasteiger partial charge in [0, 0.05) is 28.5 Å². The van der Waals surface area contributed by atoms with Gasteiger partial charge >= 0.3 is 0 Å². The Balaban J connectivity index is 1.23. The van der Waals surface area contributed by atoms with Crippen LogP contribution >= 0.6 is 0 Å². The maximum Gasteiger partial charge on any atom is 0.164 e. The van der Waals surface area contributed by atoms with Crippen LogP contribution in [0.5, 0.6) is 0 Å². The van der Waals surface area contributed by atoms with Gasteiger partial charge in [0.05, 0.1) is 5.69 Å². The van der Waals surface area contributed by atoms with Crippen molar-refractivity contribution >= 4 is 21.5 Å². The van der Waals surface area contributed by atoms with E-state index in [2.05, 4.69) is 138 Å². The number of aromatic nitrogens is 4. The number of hydrogen-bond donors (Lipinski definition) is 0. The topological polar surface area (TPSA) is 51.6 Å². The average molecular weight is 563 g/mol. The third-order valence-corrected chi connectivity index (χ3v) is 8.02. The molecule has 0 aliphatic heterocycles. The number of fused-ring (bicyclic) bond motifs is 2. The van der Waals surface area contributed by atoms with E-state index >= 15 is 0 Å². The van der Waals surface area contributed by atoms with E-state index in [0.717, 1.165) is 60.6 Å². The second-order valence-corrected chi connectivity index (χ2v) is 10.7. The third kappa shape index (κ3) is 4.79. The molecule has 0 unspecified atom stereocenters. The predicted molar refractivity (Wildman–Crippen MR) is 180 cm³/mol. The maximum absolute atomic E-state index is 5.07. The Morgan fingerprint density at radius 2 is 0.773 bits per heavy atom. The SMILES string of the molecule is c1ccc(-c2ccc(-c3ccc(-c4nc(-c5cccc6ccccc56)nc(-c5cccc6ccccc56)n4)cc3)cc2)nc1. The van der Waals surface area contributed by atoms with Crippen molar-refractivity contribution in [3.8, 4) is 56.5 Å². The van der Waals surface area contributed by atoms with Gasteiger partial charge in [-0.05, 0) is 44.8 Å². The smallest absolute Gasteiger partial charge is 0.164 e. The van der Waals surface area contributed by atoms with Gasteiger partial charge < -0.3 is 0 Å². The summed E-state index contributed by atoms with van der Waals surface area (Å²) < 4.78 is 0. The van der Waals surface area contributed by atoms with Crippen LogP contribution in [0.1, 0.15) is 0 Å². The molecule has 206 valence electrons. The number of rotatable bonds is 5. The van der Waals surface area contributed by atoms with E-state index in [1.165, 1.54) is 0 Å². The Morgan fingerprint density at radius 3 is 1.32 bits per heavy atom. The highest BCUT2D eigenvalue weighted by atomic mass is 15.0. The summed E-state index contributed by atoms with van der Waals surface area (Å²) in [6.07, 6.45) is 1.82. The highest BCUT2D eigenvalue weighted by Gasteiger charge is 2.16. The van der Waals surface area contributed by atoms with Gasteiger partial charge in [-0.2, -0.15) is 0 Å². The van der Waals surface area contributed by atoms with E-state index in [1.807, 2.05) is 24.4 Å². The Kier molecular flexibility index (Phi) is 6.43. The van der Waals surface area contributed by atoms with Gasteiger partial charge in [-0.1, -0.05) is 140 Å². The van der Waals surface area contributed by atoms with Gasteiger partial charge in [0.25, 0.3) is 0 Å². The summed E-state index contributed by atoms with van der Waals surface area (Å²) in [5.74, 6) is 1.95. The summed E-state index contributed by atoms with van der Waals surface area (Å²) in [4.78, 5) is 19.6. The molecule has 0 spiro atoms. The summed E-state index contributed by atoms with van der Waals surface area (Å²) in [7, 11) is 0. The van der Waals surface area contributed by atoms with Crippen molar-refractivity contribution < 1.29 is 0 Å². The molecule has 4 heteroatoms. The van der Waals surface area contributed by atoms with Crippen molar-refractivity contribution in [2.75, 3.05) is 0 Å². The number of hydrogen-bond acceptors (Lipinski definition) is 4. The Hall–Kier alpha value is -6.00. The van der Waals surface area contributed by atoms with Crippen LogP contribution in [-0.4, -0.2) is 19.9 Å². The lowest BCUT2D eigenvalue weighted by Gasteiger charge is -2.12. The highest BCUT2D eigenvalue weighted by molar-refractivity contribution is 5.97. The van der Waals surface area contributed by atoms with E-state index in [0.29, 0.717) is 17.5 Å². The van der Waals surface area contributed by atoms with Crippen LogP contribution < -0.4 is 0 Å². The van der Waals surface area contributed by atoms with E-state index in [9.17, 15) is 0 Å². The molecule has 2 aromatic heterocycles. The second kappa shape index (κ2) is 11.0. The van der Waals surface area contributed by atoms with Gasteiger partial charge in [0.2, 0.25) is 0 Å². The summed E-state index contributed by atoms with van der Waals surface area (Å²) in [6, 6.07) is 52.2. The molecule has 0 fully saturated rings. The molecule has 0 saturated carbocycles. The van der Waals surface area contributed by atoms with Crippen molar-refractivity contribution in [3.05, 3.63) is 158 Å². The summed E-state index contributed by atoms with van der Waals surface area (Å²) in [5, 5.41) is 4.52. The zero-order chi connectivity index (χ0) is 29.3. The fraction of sp³-hybridized carbons (Fsp3) is 0. The molecule has 0 bridgehead atoms. The van der Waals surface area contributed by atoms with Crippen molar-refractivity contribution in [1.29, 1.82) is 0 Å². The Bertz CT molecular complexity index is 2150. The van der Waals surface area contributed by atoms with Gasteiger partial charge in [-0.25, -0.2) is 15.0 Å². The fourth-order valence-corrected chi connectivity index (χ4v) is 5.77. The lowest BCUT2D eigenvalue weighted by Crippen LogP contribution is -2.01. The van der Waals surface area contributed by atoms with Crippen molar-refractivity contribution in [2.24, 2.45) is 0 Å². The molecule has 44 heavy (non-hydrogen) atoms. The van der Waals surface area contributed by atoms with Crippen LogP contribution in [0, 0.1) is 0 Å². The standard InChI is InChI=1S/C40H26N4/c1-3-13-33-29(9-1)11-7-15-35(33)39-42-38(43-40(44-39)36-16-8-12-30-10-2-4-14-34(30)36)32-24-20-28(21-25-32)27-18-22-31(23-19-27)37-17-5-6-26-41-37/h1-26H. The maximum atomic E-state index is 5.07. The lowest BCUT2D eigenvalue weighted by atomic mass is 10.0. The predicted octanol–water partition coefficient (Wildman–Crippen LogP) is 9.91. The molecule has 0 amide bonds. The van der Waals surface area contributed by atoms with Crippen LogP contribution in [-0.2, 0) is 0 Å². The first-order chi connectivity index (χ1) is 21.8. The summed E-state index contributed by atoms with van der Waals surface area (Å²) >= 11 is 0. The van der Waals surface area contributed by atoms with Gasteiger partial charge in [-0.3, -0.25) is 4.98 Å². The van der Waals surface area contributed by atoms with Crippen LogP contribution in [0.25, 0.3) is 78.1 Å². The molecule has 0 aliphatic rings. The van der Waals surface area contributed by atoms with Crippen LogP contribution in [0.15, 0.2) is 158 Å². The minimum Gasteiger partial charge on any atom is -0.256 e.